The molecule has 0 aliphatic rings. The van der Waals surface area contributed by atoms with Crippen molar-refractivity contribution in [3.05, 3.63) is 77.0 Å². The third kappa shape index (κ3) is 3.92. The maximum atomic E-state index is 12.6. The van der Waals surface area contributed by atoms with Gasteiger partial charge >= 0.3 is 0 Å². The van der Waals surface area contributed by atoms with E-state index in [-0.39, 0.29) is 5.91 Å². The zero-order chi connectivity index (χ0) is 16.1. The Morgan fingerprint density at radius 2 is 2.00 bits per heavy atom. The van der Waals surface area contributed by atoms with Crippen LogP contribution in [0.3, 0.4) is 0 Å². The topological polar surface area (TPSA) is 68.0 Å². The number of halogens is 1. The molecule has 23 heavy (non-hydrogen) atoms. The van der Waals surface area contributed by atoms with Gasteiger partial charge < -0.3 is 9.73 Å². The Morgan fingerprint density at radius 1 is 1.17 bits per heavy atom. The first-order valence-electron chi connectivity index (χ1n) is 6.81. The monoisotopic (exact) mass is 369 g/mol. The summed E-state index contributed by atoms with van der Waals surface area (Å²) >= 11 is 3.39. The van der Waals surface area contributed by atoms with Crippen LogP contribution in [0.25, 0.3) is 11.6 Å². The number of benzene rings is 1. The summed E-state index contributed by atoms with van der Waals surface area (Å²) in [4.78, 5) is 20.5. The van der Waals surface area contributed by atoms with E-state index in [0.29, 0.717) is 17.2 Å². The van der Waals surface area contributed by atoms with Gasteiger partial charge in [-0.25, -0.2) is 9.97 Å². The standard InChI is InChI=1S/C17H12BrN3O2/c18-13-5-3-12(4-6-13)15(10-14-2-1-9-23-14)17(22)21-16-7-8-19-11-20-16/h1-11H,(H,19,20,21,22). The van der Waals surface area contributed by atoms with Crippen LogP contribution >= 0.6 is 15.9 Å². The fourth-order valence-corrected chi connectivity index (χ4v) is 2.24. The maximum Gasteiger partial charge on any atom is 0.257 e. The predicted molar refractivity (Wildman–Crippen MR) is 91.4 cm³/mol. The lowest BCUT2D eigenvalue weighted by Crippen LogP contribution is -2.14. The van der Waals surface area contributed by atoms with Crippen LogP contribution in [0.1, 0.15) is 11.3 Å². The van der Waals surface area contributed by atoms with Crippen LogP contribution in [-0.4, -0.2) is 15.9 Å². The smallest absolute Gasteiger partial charge is 0.257 e. The molecule has 0 atom stereocenters. The second kappa shape index (κ2) is 7.02. The predicted octanol–water partition coefficient (Wildman–Crippen LogP) is 4.01. The lowest BCUT2D eigenvalue weighted by atomic mass is 10.0. The minimum atomic E-state index is -0.276. The molecule has 0 unspecified atom stereocenters. The van der Waals surface area contributed by atoms with E-state index in [2.05, 4.69) is 31.2 Å². The first-order chi connectivity index (χ1) is 11.2. The van der Waals surface area contributed by atoms with Gasteiger partial charge in [-0.05, 0) is 42.0 Å². The van der Waals surface area contributed by atoms with Crippen LogP contribution in [0.15, 0.2) is 70.1 Å². The van der Waals surface area contributed by atoms with Crippen molar-refractivity contribution in [2.24, 2.45) is 0 Å². The molecule has 0 spiro atoms. The number of nitrogens with zero attached hydrogens (tertiary/aromatic N) is 2. The molecule has 1 amide bonds. The molecule has 3 rings (SSSR count). The molecule has 0 bridgehead atoms. The van der Waals surface area contributed by atoms with Crippen molar-refractivity contribution < 1.29 is 9.21 Å². The van der Waals surface area contributed by atoms with Gasteiger partial charge in [0.2, 0.25) is 0 Å². The molecular formula is C17H12BrN3O2. The lowest BCUT2D eigenvalue weighted by Gasteiger charge is -2.08. The van der Waals surface area contributed by atoms with Gasteiger partial charge in [-0.15, -0.1) is 0 Å². The molecule has 0 fully saturated rings. The highest BCUT2D eigenvalue weighted by Crippen LogP contribution is 2.22. The van der Waals surface area contributed by atoms with Crippen LogP contribution in [0.5, 0.6) is 0 Å². The number of rotatable bonds is 4. The Kier molecular flexibility index (Phi) is 4.63. The maximum absolute atomic E-state index is 12.6. The quantitative estimate of drug-likeness (QED) is 0.705. The van der Waals surface area contributed by atoms with Crippen molar-refractivity contribution in [3.8, 4) is 0 Å². The number of nitrogens with one attached hydrogen (secondary N) is 1. The van der Waals surface area contributed by atoms with E-state index in [0.717, 1.165) is 10.0 Å². The van der Waals surface area contributed by atoms with Crippen molar-refractivity contribution in [2.75, 3.05) is 5.32 Å². The van der Waals surface area contributed by atoms with Crippen LogP contribution in [0, 0.1) is 0 Å². The van der Waals surface area contributed by atoms with E-state index in [4.69, 9.17) is 4.42 Å². The number of anilines is 1. The summed E-state index contributed by atoms with van der Waals surface area (Å²) in [5.74, 6) is 0.760. The van der Waals surface area contributed by atoms with Gasteiger partial charge in [-0.2, -0.15) is 0 Å². The van der Waals surface area contributed by atoms with Gasteiger partial charge in [0.25, 0.3) is 5.91 Å². The molecule has 0 saturated heterocycles. The molecule has 1 aromatic carbocycles. The fourth-order valence-electron chi connectivity index (χ4n) is 1.97. The summed E-state index contributed by atoms with van der Waals surface area (Å²) in [5, 5.41) is 2.76. The largest absolute Gasteiger partial charge is 0.465 e. The molecule has 2 heterocycles. The Bertz CT molecular complexity index is 813. The van der Waals surface area contributed by atoms with Gasteiger partial charge in [0.05, 0.1) is 11.8 Å². The third-order valence-corrected chi connectivity index (χ3v) is 3.58. The Labute approximate surface area is 141 Å². The van der Waals surface area contributed by atoms with Crippen molar-refractivity contribution in [1.82, 2.24) is 9.97 Å². The van der Waals surface area contributed by atoms with E-state index in [1.807, 2.05) is 24.3 Å². The molecule has 0 aliphatic carbocycles. The van der Waals surface area contributed by atoms with Gasteiger partial charge in [0.1, 0.15) is 17.9 Å². The van der Waals surface area contributed by atoms with Crippen LogP contribution < -0.4 is 5.32 Å². The van der Waals surface area contributed by atoms with Crippen molar-refractivity contribution in [1.29, 1.82) is 0 Å². The fraction of sp³-hybridized carbons (Fsp3) is 0. The Hall–Kier alpha value is -2.73. The SMILES string of the molecule is O=C(Nc1ccncn1)C(=Cc1ccco1)c1ccc(Br)cc1. The van der Waals surface area contributed by atoms with Gasteiger partial charge in [-0.3, -0.25) is 4.79 Å². The summed E-state index contributed by atoms with van der Waals surface area (Å²) in [5.41, 5.74) is 1.25. The van der Waals surface area contributed by atoms with Crippen molar-refractivity contribution in [2.45, 2.75) is 0 Å². The zero-order valence-electron chi connectivity index (χ0n) is 11.9. The van der Waals surface area contributed by atoms with E-state index in [1.165, 1.54) is 6.33 Å². The van der Waals surface area contributed by atoms with Crippen LogP contribution in [0.4, 0.5) is 5.82 Å². The molecule has 114 valence electrons. The summed E-state index contributed by atoms with van der Waals surface area (Å²) in [6, 6.07) is 12.7. The van der Waals surface area contributed by atoms with E-state index >= 15 is 0 Å². The minimum absolute atomic E-state index is 0.276. The third-order valence-electron chi connectivity index (χ3n) is 3.05. The number of carbonyl (C=O) groups excluding carboxylic acids is 1. The van der Waals surface area contributed by atoms with Crippen LogP contribution in [0.2, 0.25) is 0 Å². The van der Waals surface area contributed by atoms with Crippen molar-refractivity contribution in [3.63, 3.8) is 0 Å². The van der Waals surface area contributed by atoms with Gasteiger partial charge in [0.15, 0.2) is 0 Å². The molecule has 0 saturated carbocycles. The average molecular weight is 370 g/mol. The molecular weight excluding hydrogens is 358 g/mol. The number of hydrogen-bond donors (Lipinski definition) is 1. The Morgan fingerprint density at radius 3 is 2.65 bits per heavy atom. The lowest BCUT2D eigenvalue weighted by molar-refractivity contribution is -0.111. The molecule has 2 aromatic heterocycles. The van der Waals surface area contributed by atoms with Gasteiger partial charge in [-0.1, -0.05) is 28.1 Å². The van der Waals surface area contributed by atoms with E-state index < -0.39 is 0 Å². The number of amides is 1. The first kappa shape index (κ1) is 15.2. The molecule has 0 radical (unpaired) electrons. The highest BCUT2D eigenvalue weighted by Gasteiger charge is 2.14. The minimum Gasteiger partial charge on any atom is -0.465 e. The normalized spacial score (nSPS) is 11.3. The number of carbonyl (C=O) groups is 1. The number of hydrogen-bond acceptors (Lipinski definition) is 4. The summed E-state index contributed by atoms with van der Waals surface area (Å²) < 4.78 is 6.26. The Balaban J connectivity index is 1.95. The highest BCUT2D eigenvalue weighted by molar-refractivity contribution is 9.10. The number of furan rings is 1. The molecule has 6 heteroatoms. The van der Waals surface area contributed by atoms with Gasteiger partial charge in [0, 0.05) is 10.7 Å². The molecule has 0 aliphatic heterocycles. The average Bonchev–Trinajstić information content (AvgIpc) is 3.08. The first-order valence-corrected chi connectivity index (χ1v) is 7.60. The molecule has 3 aromatic rings. The van der Waals surface area contributed by atoms with Crippen molar-refractivity contribution >= 4 is 39.3 Å². The number of aromatic nitrogens is 2. The van der Waals surface area contributed by atoms with E-state index in [9.17, 15) is 4.79 Å². The highest BCUT2D eigenvalue weighted by atomic mass is 79.9. The molecule has 1 N–H and O–H groups in total. The summed E-state index contributed by atoms with van der Waals surface area (Å²) in [6.07, 6.45) is 6.20. The van der Waals surface area contributed by atoms with Crippen LogP contribution in [-0.2, 0) is 4.79 Å². The molecule has 5 nitrogen and oxygen atoms in total. The van der Waals surface area contributed by atoms with E-state index in [1.54, 1.807) is 36.7 Å². The summed E-state index contributed by atoms with van der Waals surface area (Å²) in [7, 11) is 0. The second-order valence-corrected chi connectivity index (χ2v) is 5.54. The second-order valence-electron chi connectivity index (χ2n) is 4.63. The zero-order valence-corrected chi connectivity index (χ0v) is 13.5. The summed E-state index contributed by atoms with van der Waals surface area (Å²) in [6.45, 7) is 0.